The van der Waals surface area contributed by atoms with Crippen molar-refractivity contribution in [2.45, 2.75) is 57.1 Å². The molecule has 0 aromatic carbocycles. The van der Waals surface area contributed by atoms with E-state index in [1.165, 1.54) is 32.1 Å². The van der Waals surface area contributed by atoms with E-state index in [0.29, 0.717) is 6.42 Å². The Morgan fingerprint density at radius 2 is 1.91 bits per heavy atom. The lowest BCUT2D eigenvalue weighted by Crippen LogP contribution is -2.44. The number of hydrogen-bond donors (Lipinski definition) is 1. The summed E-state index contributed by atoms with van der Waals surface area (Å²) in [6.07, 6.45) is 8.61. The molecule has 126 valence electrons. The van der Waals surface area contributed by atoms with Crippen molar-refractivity contribution in [1.29, 1.82) is 0 Å². The van der Waals surface area contributed by atoms with Gasteiger partial charge in [0.25, 0.3) is 0 Å². The summed E-state index contributed by atoms with van der Waals surface area (Å²) in [6, 6.07) is 0.773. The van der Waals surface area contributed by atoms with Gasteiger partial charge in [0.15, 0.2) is 0 Å². The quantitative estimate of drug-likeness (QED) is 0.852. The lowest BCUT2D eigenvalue weighted by atomic mass is 9.94. The fourth-order valence-corrected chi connectivity index (χ4v) is 4.07. The fraction of sp³-hybridized carbons (Fsp3) is 0.941. The van der Waals surface area contributed by atoms with Crippen LogP contribution in [0.4, 0.5) is 0 Å². The van der Waals surface area contributed by atoms with Gasteiger partial charge in [0.05, 0.1) is 19.1 Å². The molecule has 3 aliphatic rings. The highest BCUT2D eigenvalue weighted by atomic mass is 16.5. The maximum Gasteiger partial charge on any atom is 0.225 e. The number of hydrogen-bond acceptors (Lipinski definition) is 4. The third-order valence-corrected chi connectivity index (χ3v) is 5.38. The predicted molar refractivity (Wildman–Crippen MR) is 86.9 cm³/mol. The minimum absolute atomic E-state index is 0.0685. The minimum Gasteiger partial charge on any atom is -0.375 e. The summed E-state index contributed by atoms with van der Waals surface area (Å²) in [5, 5.41) is 3.30. The van der Waals surface area contributed by atoms with Gasteiger partial charge in [0.1, 0.15) is 0 Å². The number of nitrogens with zero attached hydrogens (tertiary/aromatic N) is 2. The van der Waals surface area contributed by atoms with Crippen LogP contribution in [0.1, 0.15) is 44.9 Å². The van der Waals surface area contributed by atoms with Gasteiger partial charge >= 0.3 is 0 Å². The molecule has 1 N–H and O–H groups in total. The van der Waals surface area contributed by atoms with Crippen LogP contribution in [-0.4, -0.2) is 73.7 Å². The van der Waals surface area contributed by atoms with E-state index in [9.17, 15) is 4.79 Å². The monoisotopic (exact) mass is 309 g/mol. The number of amides is 1. The zero-order valence-electron chi connectivity index (χ0n) is 13.8. The van der Waals surface area contributed by atoms with Crippen molar-refractivity contribution < 1.29 is 9.53 Å². The Morgan fingerprint density at radius 3 is 2.68 bits per heavy atom. The zero-order valence-corrected chi connectivity index (χ0v) is 13.8. The first-order chi connectivity index (χ1) is 10.8. The van der Waals surface area contributed by atoms with E-state index in [-0.39, 0.29) is 12.0 Å². The Balaban J connectivity index is 1.45. The van der Waals surface area contributed by atoms with Crippen LogP contribution in [0.25, 0.3) is 0 Å². The molecular weight excluding hydrogens is 278 g/mol. The number of nitrogens with one attached hydrogen (secondary N) is 1. The summed E-state index contributed by atoms with van der Waals surface area (Å²) >= 11 is 0. The van der Waals surface area contributed by atoms with E-state index >= 15 is 0 Å². The molecule has 0 bridgehead atoms. The standard InChI is InChI=1S/C17H31N3O2/c21-17(13-16-14-18-7-12-22-16)20-9-4-8-19(10-11-20)15-5-2-1-3-6-15/h15-16,18H,1-14H2. The van der Waals surface area contributed by atoms with Crippen molar-refractivity contribution in [2.24, 2.45) is 0 Å². The van der Waals surface area contributed by atoms with Crippen LogP contribution < -0.4 is 5.32 Å². The SMILES string of the molecule is O=C(CC1CNCCO1)N1CCCN(C2CCCCC2)CC1. The average molecular weight is 309 g/mol. The van der Waals surface area contributed by atoms with Crippen LogP contribution in [0, 0.1) is 0 Å². The lowest BCUT2D eigenvalue weighted by molar-refractivity contribution is -0.134. The van der Waals surface area contributed by atoms with Crippen molar-refractivity contribution in [3.05, 3.63) is 0 Å². The summed E-state index contributed by atoms with van der Waals surface area (Å²) in [6.45, 7) is 6.49. The van der Waals surface area contributed by atoms with E-state index in [1.54, 1.807) is 0 Å². The summed E-state index contributed by atoms with van der Waals surface area (Å²) in [7, 11) is 0. The Kier molecular flexibility index (Phi) is 6.10. The smallest absolute Gasteiger partial charge is 0.225 e. The van der Waals surface area contributed by atoms with Crippen LogP contribution >= 0.6 is 0 Å². The number of rotatable bonds is 3. The van der Waals surface area contributed by atoms with Gasteiger partial charge in [0, 0.05) is 45.3 Å². The zero-order chi connectivity index (χ0) is 15.2. The molecule has 1 saturated carbocycles. The van der Waals surface area contributed by atoms with Crippen LogP contribution in [0.15, 0.2) is 0 Å². The topological polar surface area (TPSA) is 44.8 Å². The summed E-state index contributed by atoms with van der Waals surface area (Å²) in [5.41, 5.74) is 0. The molecule has 1 amide bonds. The second-order valence-electron chi connectivity index (χ2n) is 6.96. The molecule has 1 unspecified atom stereocenters. The van der Waals surface area contributed by atoms with E-state index in [0.717, 1.165) is 58.3 Å². The molecule has 2 heterocycles. The predicted octanol–water partition coefficient (Wildman–Crippen LogP) is 1.23. The number of carbonyl (C=O) groups excluding carboxylic acids is 1. The van der Waals surface area contributed by atoms with Gasteiger partial charge in [-0.15, -0.1) is 0 Å². The van der Waals surface area contributed by atoms with Crippen molar-refractivity contribution >= 4 is 5.91 Å². The Bertz CT molecular complexity index is 352. The molecule has 0 radical (unpaired) electrons. The number of ether oxygens (including phenoxy) is 1. The summed E-state index contributed by atoms with van der Waals surface area (Å²) in [4.78, 5) is 17.2. The van der Waals surface area contributed by atoms with Crippen LogP contribution in [0.2, 0.25) is 0 Å². The van der Waals surface area contributed by atoms with Crippen molar-refractivity contribution in [3.63, 3.8) is 0 Å². The second-order valence-corrected chi connectivity index (χ2v) is 6.96. The molecule has 0 aromatic rings. The maximum atomic E-state index is 12.5. The van der Waals surface area contributed by atoms with Gasteiger partial charge in [-0.1, -0.05) is 19.3 Å². The molecule has 3 rings (SSSR count). The van der Waals surface area contributed by atoms with Crippen molar-refractivity contribution in [1.82, 2.24) is 15.1 Å². The second kappa shape index (κ2) is 8.27. The molecule has 22 heavy (non-hydrogen) atoms. The largest absolute Gasteiger partial charge is 0.375 e. The van der Waals surface area contributed by atoms with Crippen LogP contribution in [0.3, 0.4) is 0 Å². The minimum atomic E-state index is 0.0685. The third kappa shape index (κ3) is 4.43. The average Bonchev–Trinajstić information content (AvgIpc) is 2.83. The lowest BCUT2D eigenvalue weighted by Gasteiger charge is -2.33. The molecule has 2 saturated heterocycles. The first kappa shape index (κ1) is 16.2. The molecule has 1 aliphatic carbocycles. The van der Waals surface area contributed by atoms with E-state index < -0.39 is 0 Å². The van der Waals surface area contributed by atoms with Gasteiger partial charge < -0.3 is 15.0 Å². The van der Waals surface area contributed by atoms with Gasteiger partial charge in [0.2, 0.25) is 5.91 Å². The Hall–Kier alpha value is -0.650. The van der Waals surface area contributed by atoms with Gasteiger partial charge in [-0.2, -0.15) is 0 Å². The normalized spacial score (nSPS) is 29.3. The highest BCUT2D eigenvalue weighted by Gasteiger charge is 2.26. The summed E-state index contributed by atoms with van der Waals surface area (Å²) < 4.78 is 5.67. The Morgan fingerprint density at radius 1 is 1.05 bits per heavy atom. The van der Waals surface area contributed by atoms with E-state index in [4.69, 9.17) is 4.74 Å². The number of morpholine rings is 1. The van der Waals surface area contributed by atoms with Crippen LogP contribution in [-0.2, 0) is 9.53 Å². The van der Waals surface area contributed by atoms with Gasteiger partial charge in [-0.3, -0.25) is 9.69 Å². The highest BCUT2D eigenvalue weighted by Crippen LogP contribution is 2.23. The molecule has 5 nitrogen and oxygen atoms in total. The first-order valence-electron chi connectivity index (χ1n) is 9.17. The molecule has 5 heteroatoms. The highest BCUT2D eigenvalue weighted by molar-refractivity contribution is 5.76. The van der Waals surface area contributed by atoms with E-state index in [1.807, 2.05) is 0 Å². The fourth-order valence-electron chi connectivity index (χ4n) is 4.07. The molecule has 3 fully saturated rings. The third-order valence-electron chi connectivity index (χ3n) is 5.38. The molecular formula is C17H31N3O2. The summed E-state index contributed by atoms with van der Waals surface area (Å²) in [5.74, 6) is 0.277. The molecule has 0 aromatic heterocycles. The molecule has 2 aliphatic heterocycles. The van der Waals surface area contributed by atoms with Gasteiger partial charge in [-0.05, 0) is 19.3 Å². The van der Waals surface area contributed by atoms with Crippen molar-refractivity contribution in [2.75, 3.05) is 45.9 Å². The van der Waals surface area contributed by atoms with E-state index in [2.05, 4.69) is 15.1 Å². The maximum absolute atomic E-state index is 12.5. The van der Waals surface area contributed by atoms with Crippen LogP contribution in [0.5, 0.6) is 0 Å². The Labute approximate surface area is 134 Å². The first-order valence-corrected chi connectivity index (χ1v) is 9.17. The van der Waals surface area contributed by atoms with Gasteiger partial charge in [-0.25, -0.2) is 0 Å². The molecule has 0 spiro atoms. The molecule has 1 atom stereocenters. The van der Waals surface area contributed by atoms with Crippen molar-refractivity contribution in [3.8, 4) is 0 Å². The number of carbonyl (C=O) groups is 1.